The highest BCUT2D eigenvalue weighted by molar-refractivity contribution is 5.41. The minimum Gasteiger partial charge on any atom is -0.406 e. The summed E-state index contributed by atoms with van der Waals surface area (Å²) >= 11 is 0. The lowest BCUT2D eigenvalue weighted by atomic mass is 10.1. The van der Waals surface area contributed by atoms with Crippen LogP contribution in [-0.2, 0) is 4.74 Å². The maximum absolute atomic E-state index is 12.4. The van der Waals surface area contributed by atoms with E-state index in [1.54, 1.807) is 6.07 Å². The predicted molar refractivity (Wildman–Crippen MR) is 85.5 cm³/mol. The molecule has 3 rings (SSSR count). The number of halogens is 3. The first-order chi connectivity index (χ1) is 11.8. The number of rotatable bonds is 3. The van der Waals surface area contributed by atoms with Gasteiger partial charge in [-0.05, 0) is 31.5 Å². The summed E-state index contributed by atoms with van der Waals surface area (Å²) in [6.07, 6.45) is -5.07. The molecule has 0 spiro atoms. The summed E-state index contributed by atoms with van der Waals surface area (Å²) in [4.78, 5) is 10.7. The summed E-state index contributed by atoms with van der Waals surface area (Å²) < 4.78 is 46.9. The van der Waals surface area contributed by atoms with E-state index < -0.39 is 6.36 Å². The van der Waals surface area contributed by atoms with Gasteiger partial charge in [0.25, 0.3) is 0 Å². The Morgan fingerprint density at radius 2 is 2.00 bits per heavy atom. The molecular weight excluding hydrogens is 335 g/mol. The van der Waals surface area contributed by atoms with Crippen molar-refractivity contribution in [1.82, 2.24) is 9.97 Å². The molecule has 1 aromatic carbocycles. The van der Waals surface area contributed by atoms with Crippen molar-refractivity contribution >= 4 is 5.82 Å². The molecule has 0 amide bonds. The summed E-state index contributed by atoms with van der Waals surface area (Å²) in [5.41, 5.74) is 1.50. The van der Waals surface area contributed by atoms with Crippen LogP contribution in [0.4, 0.5) is 19.0 Å². The molecule has 2 heterocycles. The maximum Gasteiger partial charge on any atom is 0.573 e. The number of benzene rings is 1. The second-order valence-corrected chi connectivity index (χ2v) is 5.84. The SMILES string of the molecule is Cc1cc(N2CCOC(c3cccc(OC(F)(F)F)c3)C2)nc(C)n1. The molecule has 1 atom stereocenters. The molecule has 1 aliphatic heterocycles. The van der Waals surface area contributed by atoms with Crippen LogP contribution < -0.4 is 9.64 Å². The topological polar surface area (TPSA) is 47.5 Å². The zero-order valence-electron chi connectivity index (χ0n) is 13.9. The largest absolute Gasteiger partial charge is 0.573 e. The zero-order chi connectivity index (χ0) is 18.0. The number of hydrogen-bond donors (Lipinski definition) is 0. The summed E-state index contributed by atoms with van der Waals surface area (Å²) in [7, 11) is 0. The first kappa shape index (κ1) is 17.5. The Hall–Kier alpha value is -2.35. The molecule has 2 aromatic rings. The fourth-order valence-electron chi connectivity index (χ4n) is 2.83. The van der Waals surface area contributed by atoms with Crippen LogP contribution >= 0.6 is 0 Å². The van der Waals surface area contributed by atoms with Crippen molar-refractivity contribution in [3.8, 4) is 5.75 Å². The van der Waals surface area contributed by atoms with Gasteiger partial charge in [-0.15, -0.1) is 13.2 Å². The molecule has 1 unspecified atom stereocenters. The molecule has 0 radical (unpaired) electrons. The van der Waals surface area contributed by atoms with E-state index in [1.165, 1.54) is 18.2 Å². The van der Waals surface area contributed by atoms with Crippen molar-refractivity contribution in [3.63, 3.8) is 0 Å². The molecule has 1 aliphatic rings. The average molecular weight is 353 g/mol. The highest BCUT2D eigenvalue weighted by Crippen LogP contribution is 2.29. The van der Waals surface area contributed by atoms with Gasteiger partial charge >= 0.3 is 6.36 Å². The Morgan fingerprint density at radius 1 is 1.20 bits per heavy atom. The Balaban J connectivity index is 1.78. The van der Waals surface area contributed by atoms with Gasteiger partial charge in [-0.25, -0.2) is 9.97 Å². The average Bonchev–Trinajstić information content (AvgIpc) is 2.53. The lowest BCUT2D eigenvalue weighted by Crippen LogP contribution is -2.39. The van der Waals surface area contributed by atoms with E-state index in [0.717, 1.165) is 11.5 Å². The van der Waals surface area contributed by atoms with Crippen LogP contribution in [0.5, 0.6) is 5.75 Å². The third-order valence-corrected chi connectivity index (χ3v) is 3.81. The number of aryl methyl sites for hydroxylation is 2. The Bertz CT molecular complexity index is 732. The quantitative estimate of drug-likeness (QED) is 0.844. The fourth-order valence-corrected chi connectivity index (χ4v) is 2.83. The van der Waals surface area contributed by atoms with Crippen molar-refractivity contribution < 1.29 is 22.6 Å². The molecule has 0 aliphatic carbocycles. The minimum atomic E-state index is -4.71. The van der Waals surface area contributed by atoms with Gasteiger partial charge in [0.05, 0.1) is 6.61 Å². The zero-order valence-corrected chi connectivity index (χ0v) is 13.9. The Kier molecular flexibility index (Phi) is 4.80. The van der Waals surface area contributed by atoms with Crippen LogP contribution in [0.3, 0.4) is 0 Å². The third kappa shape index (κ3) is 4.60. The third-order valence-electron chi connectivity index (χ3n) is 3.81. The molecule has 8 heteroatoms. The van der Waals surface area contributed by atoms with Crippen molar-refractivity contribution in [1.29, 1.82) is 0 Å². The highest BCUT2D eigenvalue weighted by atomic mass is 19.4. The van der Waals surface area contributed by atoms with Gasteiger partial charge in [-0.3, -0.25) is 0 Å². The standard InChI is InChI=1S/C17H18F3N3O2/c1-11-8-16(22-12(2)21-11)23-6-7-24-15(10-23)13-4-3-5-14(9-13)25-17(18,19)20/h3-5,8-9,15H,6-7,10H2,1-2H3. The smallest absolute Gasteiger partial charge is 0.406 e. The maximum atomic E-state index is 12.4. The van der Waals surface area contributed by atoms with Crippen LogP contribution in [-0.4, -0.2) is 36.0 Å². The van der Waals surface area contributed by atoms with E-state index in [2.05, 4.69) is 14.7 Å². The van der Waals surface area contributed by atoms with E-state index in [1.807, 2.05) is 24.8 Å². The van der Waals surface area contributed by atoms with Crippen LogP contribution in [0.1, 0.15) is 23.2 Å². The van der Waals surface area contributed by atoms with Crippen molar-refractivity contribution in [2.45, 2.75) is 26.3 Å². The lowest BCUT2D eigenvalue weighted by molar-refractivity contribution is -0.274. The molecule has 1 fully saturated rings. The number of aromatic nitrogens is 2. The minimum absolute atomic E-state index is 0.251. The van der Waals surface area contributed by atoms with Crippen molar-refractivity contribution in [2.75, 3.05) is 24.6 Å². The van der Waals surface area contributed by atoms with Crippen molar-refractivity contribution in [3.05, 3.63) is 47.4 Å². The van der Waals surface area contributed by atoms with E-state index >= 15 is 0 Å². The monoisotopic (exact) mass is 353 g/mol. The molecule has 1 saturated heterocycles. The highest BCUT2D eigenvalue weighted by Gasteiger charge is 2.31. The van der Waals surface area contributed by atoms with E-state index in [0.29, 0.717) is 31.1 Å². The van der Waals surface area contributed by atoms with Gasteiger partial charge in [-0.2, -0.15) is 0 Å². The first-order valence-electron chi connectivity index (χ1n) is 7.85. The first-order valence-corrected chi connectivity index (χ1v) is 7.85. The molecule has 0 N–H and O–H groups in total. The molecule has 0 saturated carbocycles. The summed E-state index contributed by atoms with van der Waals surface area (Å²) in [6, 6.07) is 7.77. The number of ether oxygens (including phenoxy) is 2. The molecule has 25 heavy (non-hydrogen) atoms. The summed E-state index contributed by atoms with van der Waals surface area (Å²) in [6.45, 7) is 5.33. The number of morpholine rings is 1. The number of alkyl halides is 3. The number of hydrogen-bond acceptors (Lipinski definition) is 5. The predicted octanol–water partition coefficient (Wildman–Crippen LogP) is 3.57. The Morgan fingerprint density at radius 3 is 2.72 bits per heavy atom. The molecule has 1 aromatic heterocycles. The van der Waals surface area contributed by atoms with E-state index in [-0.39, 0.29) is 11.9 Å². The molecule has 134 valence electrons. The lowest BCUT2D eigenvalue weighted by Gasteiger charge is -2.34. The fraction of sp³-hybridized carbons (Fsp3) is 0.412. The number of nitrogens with zero attached hydrogens (tertiary/aromatic N) is 3. The molecule has 5 nitrogen and oxygen atoms in total. The molecule has 0 bridgehead atoms. The van der Waals surface area contributed by atoms with Gasteiger partial charge in [0.15, 0.2) is 0 Å². The van der Waals surface area contributed by atoms with Crippen LogP contribution in [0.2, 0.25) is 0 Å². The normalized spacial score (nSPS) is 18.3. The van der Waals surface area contributed by atoms with Crippen molar-refractivity contribution in [2.24, 2.45) is 0 Å². The summed E-state index contributed by atoms with van der Waals surface area (Å²) in [5.74, 6) is 1.22. The Labute approximate surface area is 143 Å². The summed E-state index contributed by atoms with van der Waals surface area (Å²) in [5, 5.41) is 0. The number of anilines is 1. The van der Waals surface area contributed by atoms with Gasteiger partial charge in [-0.1, -0.05) is 12.1 Å². The van der Waals surface area contributed by atoms with Gasteiger partial charge in [0.1, 0.15) is 23.5 Å². The van der Waals surface area contributed by atoms with Crippen LogP contribution in [0.15, 0.2) is 30.3 Å². The van der Waals surface area contributed by atoms with Gasteiger partial charge in [0.2, 0.25) is 0 Å². The second-order valence-electron chi connectivity index (χ2n) is 5.84. The van der Waals surface area contributed by atoms with E-state index in [4.69, 9.17) is 4.74 Å². The molecular formula is C17H18F3N3O2. The van der Waals surface area contributed by atoms with Gasteiger partial charge < -0.3 is 14.4 Å². The van der Waals surface area contributed by atoms with Crippen LogP contribution in [0, 0.1) is 13.8 Å². The van der Waals surface area contributed by atoms with E-state index in [9.17, 15) is 13.2 Å². The van der Waals surface area contributed by atoms with Gasteiger partial charge in [0, 0.05) is 24.8 Å². The second kappa shape index (κ2) is 6.87. The van der Waals surface area contributed by atoms with Crippen LogP contribution in [0.25, 0.3) is 0 Å².